The van der Waals surface area contributed by atoms with Crippen LogP contribution in [0.15, 0.2) is 18.2 Å². The van der Waals surface area contributed by atoms with Crippen LogP contribution in [0.1, 0.15) is 0 Å². The van der Waals surface area contributed by atoms with Crippen LogP contribution in [0.2, 0.25) is 0 Å². The van der Waals surface area contributed by atoms with Gasteiger partial charge in [0, 0.05) is 41.9 Å². The van der Waals surface area contributed by atoms with Gasteiger partial charge >= 0.3 is 0 Å². The van der Waals surface area contributed by atoms with E-state index in [0.29, 0.717) is 0 Å². The molecule has 0 aliphatic carbocycles. The number of benzene rings is 1. The number of hydrogen-bond acceptors (Lipinski definition) is 4. The molecule has 0 radical (unpaired) electrons. The Balaban J connectivity index is 2.19. The lowest BCUT2D eigenvalue weighted by atomic mass is 10.2. The summed E-state index contributed by atoms with van der Waals surface area (Å²) in [5.41, 5.74) is 1.26. The molecule has 5 nitrogen and oxygen atoms in total. The molecule has 1 aliphatic rings. The van der Waals surface area contributed by atoms with Gasteiger partial charge in [-0.05, 0) is 35.7 Å². The van der Waals surface area contributed by atoms with Crippen molar-refractivity contribution in [1.29, 1.82) is 0 Å². The summed E-state index contributed by atoms with van der Waals surface area (Å²) in [5, 5.41) is 10.7. The summed E-state index contributed by atoms with van der Waals surface area (Å²) in [6, 6.07) is 5.06. The highest BCUT2D eigenvalue weighted by molar-refractivity contribution is 14.1. The van der Waals surface area contributed by atoms with Crippen LogP contribution in [0.3, 0.4) is 0 Å². The summed E-state index contributed by atoms with van der Waals surface area (Å²) in [5.74, 6) is 0. The molecule has 1 fully saturated rings. The molecule has 0 atom stereocenters. The molecular formula is C11H14IN3O2. The van der Waals surface area contributed by atoms with E-state index in [2.05, 4.69) is 39.4 Å². The first-order chi connectivity index (χ1) is 8.08. The molecule has 0 spiro atoms. The Labute approximate surface area is 114 Å². The van der Waals surface area contributed by atoms with Gasteiger partial charge in [0.05, 0.1) is 10.6 Å². The first kappa shape index (κ1) is 12.6. The predicted molar refractivity (Wildman–Crippen MR) is 75.5 cm³/mol. The van der Waals surface area contributed by atoms with Gasteiger partial charge in [0.2, 0.25) is 0 Å². The smallest absolute Gasteiger partial charge is 0.270 e. The Kier molecular flexibility index (Phi) is 3.82. The minimum atomic E-state index is -0.351. The molecule has 2 rings (SSSR count). The summed E-state index contributed by atoms with van der Waals surface area (Å²) in [7, 11) is 2.11. The fourth-order valence-corrected chi connectivity index (χ4v) is 2.75. The van der Waals surface area contributed by atoms with Crippen LogP contribution in [0.5, 0.6) is 0 Å². The number of halogens is 1. The van der Waals surface area contributed by atoms with Gasteiger partial charge < -0.3 is 9.80 Å². The highest BCUT2D eigenvalue weighted by Crippen LogP contribution is 2.27. The zero-order valence-electron chi connectivity index (χ0n) is 9.60. The molecule has 1 aromatic carbocycles. The summed E-state index contributed by atoms with van der Waals surface area (Å²) >= 11 is 2.17. The van der Waals surface area contributed by atoms with E-state index in [1.54, 1.807) is 12.1 Å². The summed E-state index contributed by atoms with van der Waals surface area (Å²) < 4.78 is 0.946. The van der Waals surface area contributed by atoms with E-state index >= 15 is 0 Å². The van der Waals surface area contributed by atoms with Crippen LogP contribution in [-0.2, 0) is 0 Å². The number of non-ortho nitro benzene ring substituents is 1. The van der Waals surface area contributed by atoms with Crippen molar-refractivity contribution in [3.05, 3.63) is 31.9 Å². The number of piperazine rings is 1. The number of likely N-dealkylation sites (N-methyl/N-ethyl adjacent to an activating group) is 1. The molecule has 0 amide bonds. The van der Waals surface area contributed by atoms with Crippen molar-refractivity contribution in [2.75, 3.05) is 38.1 Å². The molecule has 1 heterocycles. The Hall–Kier alpha value is -0.890. The van der Waals surface area contributed by atoms with Gasteiger partial charge in [-0.15, -0.1) is 0 Å². The van der Waals surface area contributed by atoms with E-state index in [-0.39, 0.29) is 10.6 Å². The van der Waals surface area contributed by atoms with Crippen molar-refractivity contribution >= 4 is 34.0 Å². The normalized spacial score (nSPS) is 17.2. The van der Waals surface area contributed by atoms with Crippen LogP contribution in [0.25, 0.3) is 0 Å². The van der Waals surface area contributed by atoms with E-state index in [9.17, 15) is 10.1 Å². The van der Waals surface area contributed by atoms with Gasteiger partial charge in [0.15, 0.2) is 0 Å². The zero-order chi connectivity index (χ0) is 12.4. The van der Waals surface area contributed by atoms with Crippen molar-refractivity contribution in [2.45, 2.75) is 0 Å². The standard InChI is InChI=1S/C11H14IN3O2/c1-13-4-6-14(7-5-13)11-3-2-9(15(16)17)8-10(11)12/h2-3,8H,4-7H2,1H3. The van der Waals surface area contributed by atoms with Crippen LogP contribution in [0.4, 0.5) is 11.4 Å². The lowest BCUT2D eigenvalue weighted by molar-refractivity contribution is -0.384. The number of hydrogen-bond donors (Lipinski definition) is 0. The monoisotopic (exact) mass is 347 g/mol. The largest absolute Gasteiger partial charge is 0.368 e. The Morgan fingerprint density at radius 3 is 2.47 bits per heavy atom. The van der Waals surface area contributed by atoms with Gasteiger partial charge in [-0.1, -0.05) is 0 Å². The van der Waals surface area contributed by atoms with Crippen LogP contribution in [-0.4, -0.2) is 43.0 Å². The van der Waals surface area contributed by atoms with Gasteiger partial charge in [-0.3, -0.25) is 10.1 Å². The van der Waals surface area contributed by atoms with Gasteiger partial charge in [-0.2, -0.15) is 0 Å². The second-order valence-corrected chi connectivity index (χ2v) is 5.35. The highest BCUT2D eigenvalue weighted by atomic mass is 127. The molecule has 1 saturated heterocycles. The van der Waals surface area contributed by atoms with Crippen molar-refractivity contribution in [2.24, 2.45) is 0 Å². The van der Waals surface area contributed by atoms with Crippen molar-refractivity contribution in [1.82, 2.24) is 4.90 Å². The number of nitro benzene ring substituents is 1. The van der Waals surface area contributed by atoms with E-state index < -0.39 is 0 Å². The molecule has 17 heavy (non-hydrogen) atoms. The van der Waals surface area contributed by atoms with Crippen molar-refractivity contribution in [3.63, 3.8) is 0 Å². The Morgan fingerprint density at radius 2 is 1.94 bits per heavy atom. The first-order valence-corrected chi connectivity index (χ1v) is 6.53. The van der Waals surface area contributed by atoms with Gasteiger partial charge in [-0.25, -0.2) is 0 Å². The minimum absolute atomic E-state index is 0.160. The Bertz CT molecular complexity index is 431. The maximum absolute atomic E-state index is 10.7. The van der Waals surface area contributed by atoms with E-state index in [4.69, 9.17) is 0 Å². The zero-order valence-corrected chi connectivity index (χ0v) is 11.8. The van der Waals surface area contributed by atoms with E-state index in [0.717, 1.165) is 35.4 Å². The topological polar surface area (TPSA) is 49.6 Å². The summed E-state index contributed by atoms with van der Waals surface area (Å²) in [6.45, 7) is 4.02. The summed E-state index contributed by atoms with van der Waals surface area (Å²) in [4.78, 5) is 14.9. The molecule has 0 aromatic heterocycles. The number of anilines is 1. The minimum Gasteiger partial charge on any atom is -0.368 e. The number of rotatable bonds is 2. The Morgan fingerprint density at radius 1 is 1.29 bits per heavy atom. The third-order valence-corrected chi connectivity index (χ3v) is 3.85. The lowest BCUT2D eigenvalue weighted by Gasteiger charge is -2.34. The molecule has 92 valence electrons. The van der Waals surface area contributed by atoms with Gasteiger partial charge in [0.1, 0.15) is 0 Å². The average Bonchev–Trinajstić information content (AvgIpc) is 2.30. The quantitative estimate of drug-likeness (QED) is 0.466. The van der Waals surface area contributed by atoms with Crippen LogP contribution < -0.4 is 4.90 Å². The molecule has 1 aromatic rings. The van der Waals surface area contributed by atoms with E-state index in [1.165, 1.54) is 0 Å². The maximum Gasteiger partial charge on any atom is 0.270 e. The highest BCUT2D eigenvalue weighted by Gasteiger charge is 2.18. The molecule has 0 N–H and O–H groups in total. The van der Waals surface area contributed by atoms with Gasteiger partial charge in [0.25, 0.3) is 5.69 Å². The second kappa shape index (κ2) is 5.18. The molecule has 1 aliphatic heterocycles. The summed E-state index contributed by atoms with van der Waals surface area (Å²) in [6.07, 6.45) is 0. The maximum atomic E-state index is 10.7. The van der Waals surface area contributed by atoms with Crippen LogP contribution in [0, 0.1) is 13.7 Å². The average molecular weight is 347 g/mol. The first-order valence-electron chi connectivity index (χ1n) is 5.45. The fraction of sp³-hybridized carbons (Fsp3) is 0.455. The third-order valence-electron chi connectivity index (χ3n) is 2.99. The lowest BCUT2D eigenvalue weighted by Crippen LogP contribution is -2.44. The third kappa shape index (κ3) is 2.86. The fourth-order valence-electron chi connectivity index (χ4n) is 1.91. The number of nitrogens with zero attached hydrogens (tertiary/aromatic N) is 3. The molecule has 0 bridgehead atoms. The van der Waals surface area contributed by atoms with Crippen molar-refractivity contribution in [3.8, 4) is 0 Å². The molecule has 0 unspecified atom stereocenters. The number of nitro groups is 1. The predicted octanol–water partition coefficient (Wildman–Crippen LogP) is 1.95. The molecule has 0 saturated carbocycles. The van der Waals surface area contributed by atoms with Crippen LogP contribution >= 0.6 is 22.6 Å². The second-order valence-electron chi connectivity index (χ2n) is 4.18. The van der Waals surface area contributed by atoms with Crippen molar-refractivity contribution < 1.29 is 4.92 Å². The molecule has 6 heteroatoms. The SMILES string of the molecule is CN1CCN(c2ccc([N+](=O)[O-])cc2I)CC1. The van der Waals surface area contributed by atoms with E-state index in [1.807, 2.05) is 6.07 Å². The molecular weight excluding hydrogens is 333 g/mol.